The minimum absolute atomic E-state index is 0.0897. The van der Waals surface area contributed by atoms with E-state index in [9.17, 15) is 18.0 Å². The fraction of sp³-hybridized carbons (Fsp3) is 0.167. The van der Waals surface area contributed by atoms with Crippen LogP contribution in [0.25, 0.3) is 0 Å². The number of carbonyl (C=O) groups is 2. The van der Waals surface area contributed by atoms with Gasteiger partial charge in [-0.2, -0.15) is 8.42 Å². The topological polar surface area (TPSA) is 151 Å². The Bertz CT molecular complexity index is 853. The number of aryl methyl sites for hydroxylation is 2. The summed E-state index contributed by atoms with van der Waals surface area (Å²) in [7, 11) is -4.50. The number of aromatic carboxylic acids is 1. The number of rotatable bonds is 4. The van der Waals surface area contributed by atoms with Crippen LogP contribution in [0.5, 0.6) is 0 Å². The number of hydrogen-bond donors (Lipinski definition) is 3. The number of carbonyl (C=O) groups excluding carboxylic acids is 1. The normalized spacial score (nSPS) is 11.0. The van der Waals surface area contributed by atoms with Crippen molar-refractivity contribution in [2.45, 2.75) is 18.9 Å². The molecule has 122 valence electrons. The lowest BCUT2D eigenvalue weighted by Crippen LogP contribution is -2.35. The van der Waals surface area contributed by atoms with Gasteiger partial charge in [0, 0.05) is 11.4 Å². The van der Waals surface area contributed by atoms with Gasteiger partial charge in [0.2, 0.25) is 5.95 Å². The molecular formula is C12H12N4O6S. The maximum Gasteiger partial charge on any atom is 0.340 e. The van der Waals surface area contributed by atoms with Crippen LogP contribution in [0.4, 0.5) is 10.7 Å². The number of aromatic nitrogens is 2. The zero-order chi connectivity index (χ0) is 17.2. The van der Waals surface area contributed by atoms with Crippen LogP contribution in [0, 0.1) is 13.8 Å². The molecule has 10 nitrogen and oxygen atoms in total. The summed E-state index contributed by atoms with van der Waals surface area (Å²) in [5.74, 6) is -1.59. The van der Waals surface area contributed by atoms with Gasteiger partial charge in [0.15, 0.2) is 0 Å². The van der Waals surface area contributed by atoms with E-state index < -0.39 is 32.7 Å². The zero-order valence-corrected chi connectivity index (χ0v) is 12.8. The number of furan rings is 1. The smallest absolute Gasteiger partial charge is 0.340 e. The highest BCUT2D eigenvalue weighted by atomic mass is 32.2. The lowest BCUT2D eigenvalue weighted by molar-refractivity contribution is 0.0689. The standard InChI is InChI=1S/C12H12N4O6S/c1-6-5-7(2)14-11(13-6)15-12(19)16-23(20,21)10-8(9(17)18)3-4-22-10/h3-5H,1-2H3,(H,17,18)(H2,13,14,15,16,19). The minimum Gasteiger partial charge on any atom is -0.478 e. The van der Waals surface area contributed by atoms with E-state index in [1.807, 2.05) is 0 Å². The number of nitrogens with one attached hydrogen (secondary N) is 2. The molecule has 2 heterocycles. The number of anilines is 1. The van der Waals surface area contributed by atoms with Crippen molar-refractivity contribution in [3.05, 3.63) is 35.3 Å². The summed E-state index contributed by atoms with van der Waals surface area (Å²) >= 11 is 0. The number of amides is 2. The molecule has 0 unspecified atom stereocenters. The highest BCUT2D eigenvalue weighted by Crippen LogP contribution is 2.16. The third kappa shape index (κ3) is 3.83. The van der Waals surface area contributed by atoms with E-state index >= 15 is 0 Å². The fourth-order valence-electron chi connectivity index (χ4n) is 1.74. The van der Waals surface area contributed by atoms with Crippen LogP contribution in [-0.4, -0.2) is 35.5 Å². The molecule has 0 fully saturated rings. The molecule has 0 aliphatic heterocycles. The first-order chi connectivity index (χ1) is 10.7. The van der Waals surface area contributed by atoms with Gasteiger partial charge in [-0.05, 0) is 26.0 Å². The number of carboxylic acid groups (broad SMARTS) is 1. The van der Waals surface area contributed by atoms with Crippen molar-refractivity contribution in [3.63, 3.8) is 0 Å². The highest BCUT2D eigenvalue weighted by Gasteiger charge is 2.28. The maximum absolute atomic E-state index is 12.0. The fourth-order valence-corrected chi connectivity index (χ4v) is 2.75. The average Bonchev–Trinajstić information content (AvgIpc) is 2.86. The van der Waals surface area contributed by atoms with Crippen LogP contribution < -0.4 is 10.0 Å². The monoisotopic (exact) mass is 340 g/mol. The first-order valence-corrected chi connectivity index (χ1v) is 7.64. The molecule has 0 aliphatic rings. The number of sulfonamides is 1. The first-order valence-electron chi connectivity index (χ1n) is 6.16. The predicted molar refractivity (Wildman–Crippen MR) is 76.5 cm³/mol. The molecule has 0 radical (unpaired) electrons. The molecule has 0 saturated heterocycles. The summed E-state index contributed by atoms with van der Waals surface area (Å²) in [4.78, 5) is 30.5. The van der Waals surface area contributed by atoms with Gasteiger partial charge in [0.25, 0.3) is 15.1 Å². The maximum atomic E-state index is 12.0. The molecule has 2 amide bonds. The Labute approximate surface area is 130 Å². The highest BCUT2D eigenvalue weighted by molar-refractivity contribution is 7.90. The van der Waals surface area contributed by atoms with Gasteiger partial charge >= 0.3 is 12.0 Å². The second-order valence-corrected chi connectivity index (χ2v) is 6.04. The van der Waals surface area contributed by atoms with Crippen molar-refractivity contribution in [1.29, 1.82) is 0 Å². The van der Waals surface area contributed by atoms with E-state index in [1.54, 1.807) is 24.6 Å². The van der Waals surface area contributed by atoms with Crippen molar-refractivity contribution < 1.29 is 27.5 Å². The molecule has 0 saturated carbocycles. The number of nitrogens with zero attached hydrogens (tertiary/aromatic N) is 2. The molecule has 0 aromatic carbocycles. The van der Waals surface area contributed by atoms with Gasteiger partial charge in [-0.25, -0.2) is 24.3 Å². The summed E-state index contributed by atoms with van der Waals surface area (Å²) in [6.07, 6.45) is 0.892. The van der Waals surface area contributed by atoms with Gasteiger partial charge in [-0.1, -0.05) is 0 Å². The van der Waals surface area contributed by atoms with Crippen LogP contribution in [0.15, 0.2) is 27.9 Å². The predicted octanol–water partition coefficient (Wildman–Crippen LogP) is 0.895. The van der Waals surface area contributed by atoms with E-state index in [2.05, 4.69) is 19.7 Å². The lowest BCUT2D eigenvalue weighted by Gasteiger charge is -2.07. The molecular weight excluding hydrogens is 328 g/mol. The SMILES string of the molecule is Cc1cc(C)nc(NC(=O)NS(=O)(=O)c2occc2C(=O)O)n1. The summed E-state index contributed by atoms with van der Waals surface area (Å²) in [5.41, 5.74) is 0.567. The zero-order valence-electron chi connectivity index (χ0n) is 12.0. The lowest BCUT2D eigenvalue weighted by atomic mass is 10.3. The summed E-state index contributed by atoms with van der Waals surface area (Å²) < 4.78 is 30.2. The van der Waals surface area contributed by atoms with Crippen molar-refractivity contribution in [2.24, 2.45) is 0 Å². The Morgan fingerprint density at radius 2 is 1.83 bits per heavy atom. The Hall–Kier alpha value is -2.95. The Morgan fingerprint density at radius 1 is 1.22 bits per heavy atom. The summed E-state index contributed by atoms with van der Waals surface area (Å²) in [6, 6.07) is 1.48. The van der Waals surface area contributed by atoms with Gasteiger partial charge < -0.3 is 9.52 Å². The van der Waals surface area contributed by atoms with Crippen LogP contribution in [-0.2, 0) is 10.0 Å². The first kappa shape index (κ1) is 16.4. The second kappa shape index (κ2) is 6.04. The number of carboxylic acids is 1. The minimum atomic E-state index is -4.50. The van der Waals surface area contributed by atoms with E-state index in [-0.39, 0.29) is 5.95 Å². The molecule has 23 heavy (non-hydrogen) atoms. The molecule has 3 N–H and O–H groups in total. The van der Waals surface area contributed by atoms with Crippen molar-refractivity contribution in [3.8, 4) is 0 Å². The van der Waals surface area contributed by atoms with E-state index in [0.29, 0.717) is 11.4 Å². The molecule has 0 spiro atoms. The molecule has 0 bridgehead atoms. The molecule has 0 atom stereocenters. The average molecular weight is 340 g/mol. The third-order valence-electron chi connectivity index (χ3n) is 2.54. The molecule has 11 heteroatoms. The van der Waals surface area contributed by atoms with Crippen molar-refractivity contribution in [2.75, 3.05) is 5.32 Å². The van der Waals surface area contributed by atoms with E-state index in [4.69, 9.17) is 5.11 Å². The molecule has 2 rings (SSSR count). The molecule has 2 aromatic rings. The third-order valence-corrected chi connectivity index (χ3v) is 3.80. The quantitative estimate of drug-likeness (QED) is 0.742. The number of hydrogen-bond acceptors (Lipinski definition) is 7. The van der Waals surface area contributed by atoms with Gasteiger partial charge in [0.1, 0.15) is 5.56 Å². The van der Waals surface area contributed by atoms with Gasteiger partial charge in [-0.3, -0.25) is 5.32 Å². The largest absolute Gasteiger partial charge is 0.478 e. The van der Waals surface area contributed by atoms with Crippen molar-refractivity contribution in [1.82, 2.24) is 14.7 Å². The Kier molecular flexibility index (Phi) is 4.31. The Balaban J connectivity index is 2.18. The van der Waals surface area contributed by atoms with Crippen molar-refractivity contribution >= 4 is 28.0 Å². The van der Waals surface area contributed by atoms with Gasteiger partial charge in [-0.15, -0.1) is 0 Å². The van der Waals surface area contributed by atoms with Crippen LogP contribution in [0.1, 0.15) is 21.7 Å². The second-order valence-electron chi connectivity index (χ2n) is 4.46. The number of urea groups is 1. The summed E-state index contributed by atoms with van der Waals surface area (Å²) in [6.45, 7) is 3.35. The van der Waals surface area contributed by atoms with Crippen LogP contribution in [0.2, 0.25) is 0 Å². The van der Waals surface area contributed by atoms with E-state index in [1.165, 1.54) is 0 Å². The van der Waals surface area contributed by atoms with Crippen LogP contribution in [0.3, 0.4) is 0 Å². The van der Waals surface area contributed by atoms with Gasteiger partial charge in [0.05, 0.1) is 6.26 Å². The van der Waals surface area contributed by atoms with E-state index in [0.717, 1.165) is 12.3 Å². The Morgan fingerprint density at radius 3 is 2.39 bits per heavy atom. The molecule has 2 aromatic heterocycles. The molecule has 0 aliphatic carbocycles. The summed E-state index contributed by atoms with van der Waals surface area (Å²) in [5, 5.41) is 10.2. The van der Waals surface area contributed by atoms with Crippen LogP contribution >= 0.6 is 0 Å².